The molecule has 3 nitrogen and oxygen atoms in total. The minimum atomic E-state index is -0.388. The third-order valence-corrected chi connectivity index (χ3v) is 3.49. The molecule has 0 spiro atoms. The molecule has 0 aromatic heterocycles. The van der Waals surface area contributed by atoms with Crippen molar-refractivity contribution in [2.24, 2.45) is 0 Å². The molecule has 0 radical (unpaired) electrons. The van der Waals surface area contributed by atoms with Crippen LogP contribution in [0.2, 0.25) is 0 Å². The van der Waals surface area contributed by atoms with Gasteiger partial charge in [-0.2, -0.15) is 5.26 Å². The summed E-state index contributed by atoms with van der Waals surface area (Å²) in [5, 5.41) is 21.3. The Balaban J connectivity index is 2.77. The van der Waals surface area contributed by atoms with Gasteiger partial charge < -0.3 is 10.4 Å². The number of hydrogen-bond acceptors (Lipinski definition) is 3. The predicted molar refractivity (Wildman–Crippen MR) is 68.4 cm³/mol. The molecule has 0 aliphatic carbocycles. The largest absolute Gasteiger partial charge is 0.394 e. The van der Waals surface area contributed by atoms with Crippen LogP contribution in [0.25, 0.3) is 0 Å². The van der Waals surface area contributed by atoms with E-state index < -0.39 is 0 Å². The summed E-state index contributed by atoms with van der Waals surface area (Å²) in [5.41, 5.74) is 0.463. The molecule has 0 saturated carbocycles. The number of nitriles is 1. The number of benzene rings is 1. The lowest BCUT2D eigenvalue weighted by Crippen LogP contribution is -2.47. The Morgan fingerprint density at radius 2 is 2.06 bits per heavy atom. The van der Waals surface area contributed by atoms with Crippen LogP contribution < -0.4 is 5.32 Å². The molecule has 0 bridgehead atoms. The Morgan fingerprint density at radius 3 is 2.50 bits per heavy atom. The Kier molecular flexibility index (Phi) is 5.26. The molecule has 0 amide bonds. The van der Waals surface area contributed by atoms with Crippen molar-refractivity contribution in [3.63, 3.8) is 0 Å². The number of rotatable bonds is 6. The molecule has 0 unspecified atom stereocenters. The van der Waals surface area contributed by atoms with Crippen LogP contribution in [0, 0.1) is 17.1 Å². The SMILES string of the molecule is CCC(CC)(CO)NCc1ccc(C#N)cc1F. The minimum Gasteiger partial charge on any atom is -0.394 e. The Labute approximate surface area is 107 Å². The number of aliphatic hydroxyl groups excluding tert-OH is 1. The summed E-state index contributed by atoms with van der Waals surface area (Å²) >= 11 is 0. The fourth-order valence-electron chi connectivity index (χ4n) is 1.82. The molecule has 1 aromatic carbocycles. The van der Waals surface area contributed by atoms with Gasteiger partial charge in [-0.3, -0.25) is 0 Å². The highest BCUT2D eigenvalue weighted by Crippen LogP contribution is 2.16. The van der Waals surface area contributed by atoms with Crippen LogP contribution in [0.5, 0.6) is 0 Å². The molecule has 98 valence electrons. The summed E-state index contributed by atoms with van der Waals surface area (Å²) in [6.07, 6.45) is 1.55. The maximum Gasteiger partial charge on any atom is 0.129 e. The number of hydrogen-bond donors (Lipinski definition) is 2. The first-order valence-corrected chi connectivity index (χ1v) is 6.15. The highest BCUT2D eigenvalue weighted by Gasteiger charge is 2.24. The van der Waals surface area contributed by atoms with Gasteiger partial charge in [-0.25, -0.2) is 4.39 Å². The second-order valence-electron chi connectivity index (χ2n) is 4.42. The number of nitrogens with one attached hydrogen (secondary N) is 1. The quantitative estimate of drug-likeness (QED) is 0.814. The molecule has 0 aliphatic heterocycles. The molecular formula is C14H19FN2O. The molecule has 0 saturated heterocycles. The van der Waals surface area contributed by atoms with Gasteiger partial charge in [0.05, 0.1) is 18.2 Å². The molecule has 18 heavy (non-hydrogen) atoms. The van der Waals surface area contributed by atoms with Crippen molar-refractivity contribution >= 4 is 0 Å². The van der Waals surface area contributed by atoms with Crippen molar-refractivity contribution < 1.29 is 9.50 Å². The van der Waals surface area contributed by atoms with Crippen molar-refractivity contribution in [3.05, 3.63) is 35.1 Å². The van der Waals surface area contributed by atoms with Crippen molar-refractivity contribution in [2.75, 3.05) is 6.61 Å². The summed E-state index contributed by atoms with van der Waals surface area (Å²) in [7, 11) is 0. The fraction of sp³-hybridized carbons (Fsp3) is 0.500. The smallest absolute Gasteiger partial charge is 0.129 e. The highest BCUT2D eigenvalue weighted by molar-refractivity contribution is 5.32. The monoisotopic (exact) mass is 250 g/mol. The van der Waals surface area contributed by atoms with Gasteiger partial charge in [-0.1, -0.05) is 19.9 Å². The van der Waals surface area contributed by atoms with E-state index in [0.29, 0.717) is 17.7 Å². The van der Waals surface area contributed by atoms with Crippen molar-refractivity contribution in [1.29, 1.82) is 5.26 Å². The van der Waals surface area contributed by atoms with E-state index in [2.05, 4.69) is 5.32 Å². The van der Waals surface area contributed by atoms with E-state index in [1.165, 1.54) is 6.07 Å². The normalized spacial score (nSPS) is 11.3. The molecule has 4 heteroatoms. The average molecular weight is 250 g/mol. The zero-order valence-electron chi connectivity index (χ0n) is 10.8. The molecule has 1 rings (SSSR count). The Bertz CT molecular complexity index is 428. The summed E-state index contributed by atoms with van der Waals surface area (Å²) in [6.45, 7) is 4.35. The highest BCUT2D eigenvalue weighted by atomic mass is 19.1. The predicted octanol–water partition coefficient (Wildman–Crippen LogP) is 2.34. The van der Waals surface area contributed by atoms with Crippen LogP contribution in [0.15, 0.2) is 18.2 Å². The lowest BCUT2D eigenvalue weighted by Gasteiger charge is -2.31. The second-order valence-corrected chi connectivity index (χ2v) is 4.42. The van der Waals surface area contributed by atoms with Gasteiger partial charge in [0.25, 0.3) is 0 Å². The van der Waals surface area contributed by atoms with E-state index in [9.17, 15) is 9.50 Å². The van der Waals surface area contributed by atoms with Gasteiger partial charge in [-0.15, -0.1) is 0 Å². The topological polar surface area (TPSA) is 56.0 Å². The first kappa shape index (κ1) is 14.6. The molecular weight excluding hydrogens is 231 g/mol. The maximum absolute atomic E-state index is 13.7. The van der Waals surface area contributed by atoms with Crippen LogP contribution in [0.3, 0.4) is 0 Å². The van der Waals surface area contributed by atoms with Gasteiger partial charge >= 0.3 is 0 Å². The standard InChI is InChI=1S/C14H19FN2O/c1-3-14(4-2,10-18)17-9-12-6-5-11(8-16)7-13(12)15/h5-7,17-18H,3-4,9-10H2,1-2H3. The van der Waals surface area contributed by atoms with Crippen LogP contribution in [-0.4, -0.2) is 17.3 Å². The number of aliphatic hydroxyl groups is 1. The number of nitrogens with zero attached hydrogens (tertiary/aromatic N) is 1. The number of halogens is 1. The third-order valence-electron chi connectivity index (χ3n) is 3.49. The minimum absolute atomic E-state index is 0.0257. The maximum atomic E-state index is 13.7. The van der Waals surface area contributed by atoms with E-state index in [1.807, 2.05) is 19.9 Å². The zero-order chi connectivity index (χ0) is 13.6. The van der Waals surface area contributed by atoms with Crippen LogP contribution in [0.4, 0.5) is 4.39 Å². The fourth-order valence-corrected chi connectivity index (χ4v) is 1.82. The molecule has 2 N–H and O–H groups in total. The summed E-state index contributed by atoms with van der Waals surface area (Å²) < 4.78 is 13.7. The van der Waals surface area contributed by atoms with Crippen molar-refractivity contribution in [2.45, 2.75) is 38.8 Å². The molecule has 0 fully saturated rings. The van der Waals surface area contributed by atoms with Gasteiger partial charge in [-0.05, 0) is 25.0 Å². The molecule has 0 aliphatic rings. The van der Waals surface area contributed by atoms with E-state index in [4.69, 9.17) is 5.26 Å². The third kappa shape index (κ3) is 3.28. The van der Waals surface area contributed by atoms with Crippen molar-refractivity contribution in [1.82, 2.24) is 5.32 Å². The summed E-state index contributed by atoms with van der Waals surface area (Å²) in [5.74, 6) is -0.388. The van der Waals surface area contributed by atoms with E-state index in [1.54, 1.807) is 12.1 Å². The Morgan fingerprint density at radius 1 is 1.39 bits per heavy atom. The van der Waals surface area contributed by atoms with Crippen molar-refractivity contribution in [3.8, 4) is 6.07 Å². The zero-order valence-corrected chi connectivity index (χ0v) is 10.8. The van der Waals surface area contributed by atoms with Gasteiger partial charge in [0.2, 0.25) is 0 Å². The van der Waals surface area contributed by atoms with Crippen LogP contribution in [-0.2, 0) is 6.54 Å². The van der Waals surface area contributed by atoms with Crippen LogP contribution in [0.1, 0.15) is 37.8 Å². The Hall–Kier alpha value is -1.44. The van der Waals surface area contributed by atoms with Gasteiger partial charge in [0.1, 0.15) is 5.82 Å². The van der Waals surface area contributed by atoms with E-state index in [0.717, 1.165) is 12.8 Å². The lowest BCUT2D eigenvalue weighted by atomic mass is 9.93. The van der Waals surface area contributed by atoms with Gasteiger partial charge in [0, 0.05) is 17.6 Å². The van der Waals surface area contributed by atoms with Gasteiger partial charge in [0.15, 0.2) is 0 Å². The summed E-state index contributed by atoms with van der Waals surface area (Å²) in [4.78, 5) is 0. The molecule has 1 aromatic rings. The summed E-state index contributed by atoms with van der Waals surface area (Å²) in [6, 6.07) is 6.33. The lowest BCUT2D eigenvalue weighted by molar-refractivity contribution is 0.149. The first-order chi connectivity index (χ1) is 8.60. The van der Waals surface area contributed by atoms with Crippen LogP contribution >= 0.6 is 0 Å². The second kappa shape index (κ2) is 6.48. The first-order valence-electron chi connectivity index (χ1n) is 6.15. The molecule has 0 heterocycles. The van der Waals surface area contributed by atoms with E-state index in [-0.39, 0.29) is 18.0 Å². The molecule has 0 atom stereocenters. The van der Waals surface area contributed by atoms with E-state index >= 15 is 0 Å². The average Bonchev–Trinajstić information content (AvgIpc) is 2.42.